The van der Waals surface area contributed by atoms with Gasteiger partial charge < -0.3 is 45.0 Å². The first-order valence-electron chi connectivity index (χ1n) is 3.53. The maximum atomic E-state index is 9.55. The zero-order valence-corrected chi connectivity index (χ0v) is 10.6. The molecule has 0 aliphatic rings. The Balaban J connectivity index is -0.0000000408. The Morgan fingerprint density at radius 1 is 0.450 bits per heavy atom. The van der Waals surface area contributed by atoms with E-state index in [0.29, 0.717) is 24.3 Å². The van der Waals surface area contributed by atoms with Gasteiger partial charge in [0.2, 0.25) is 0 Å². The Hall–Kier alpha value is -2.80. The largest absolute Gasteiger partial charge is 0.478 e. The molecule has 0 rings (SSSR count). The van der Waals surface area contributed by atoms with Crippen molar-refractivity contribution in [2.45, 2.75) is 0 Å². The first-order valence-corrected chi connectivity index (χ1v) is 3.53. The Morgan fingerprint density at radius 2 is 0.550 bits per heavy atom. The van der Waals surface area contributed by atoms with Crippen molar-refractivity contribution in [3.05, 3.63) is 24.3 Å². The minimum Gasteiger partial charge on any atom is -0.478 e. The number of hydrogen-bond acceptors (Lipinski definition) is 8. The summed E-state index contributed by atoms with van der Waals surface area (Å²) in [5, 5.41) is 31.2. The van der Waals surface area contributed by atoms with Gasteiger partial charge in [-0.25, -0.2) is 19.2 Å². The quantitative estimate of drug-likeness (QED) is 0.320. The molecule has 120 valence electrons. The summed E-state index contributed by atoms with van der Waals surface area (Å²) in [6, 6.07) is 0. The average molecular weight is 300 g/mol. The van der Waals surface area contributed by atoms with E-state index in [0.717, 1.165) is 0 Å². The fraction of sp³-hybridized carbons (Fsp3) is 0. The molecule has 16 N–H and O–H groups in total. The van der Waals surface area contributed by atoms with Gasteiger partial charge in [0.1, 0.15) is 0 Å². The van der Waals surface area contributed by atoms with Gasteiger partial charge in [-0.1, -0.05) is 0 Å². The Morgan fingerprint density at radius 3 is 0.600 bits per heavy atom. The predicted molar refractivity (Wildman–Crippen MR) is 68.9 cm³/mol. The van der Waals surface area contributed by atoms with E-state index in [2.05, 4.69) is 0 Å². The van der Waals surface area contributed by atoms with Crippen molar-refractivity contribution in [3.63, 3.8) is 0 Å². The van der Waals surface area contributed by atoms with Crippen LogP contribution in [0, 0.1) is 0 Å². The van der Waals surface area contributed by atoms with Gasteiger partial charge in [0, 0.05) is 24.3 Å². The van der Waals surface area contributed by atoms with E-state index in [1.54, 1.807) is 0 Å². The maximum absolute atomic E-state index is 9.55. The van der Waals surface area contributed by atoms with Gasteiger partial charge in [-0.3, -0.25) is 0 Å². The van der Waals surface area contributed by atoms with Crippen molar-refractivity contribution >= 4 is 23.9 Å². The molecule has 0 heterocycles. The van der Waals surface area contributed by atoms with Crippen molar-refractivity contribution in [1.82, 2.24) is 24.6 Å². The van der Waals surface area contributed by atoms with Crippen LogP contribution in [0.25, 0.3) is 0 Å². The molecule has 0 saturated carbocycles. The molecule has 0 aliphatic heterocycles. The fourth-order valence-electron chi connectivity index (χ4n) is 0.285. The van der Waals surface area contributed by atoms with E-state index >= 15 is 0 Å². The molecule has 0 fully saturated rings. The highest BCUT2D eigenvalue weighted by atomic mass is 16.4. The van der Waals surface area contributed by atoms with Crippen LogP contribution in [0.3, 0.4) is 0 Å². The smallest absolute Gasteiger partial charge is 0.328 e. The molecule has 0 atom stereocenters. The second-order valence-corrected chi connectivity index (χ2v) is 2.02. The number of carboxylic acids is 4. The van der Waals surface area contributed by atoms with Gasteiger partial charge in [0.15, 0.2) is 0 Å². The predicted octanol–water partition coefficient (Wildman–Crippen LogP) is 0.0716. The molecule has 0 amide bonds. The topological polar surface area (TPSA) is 289 Å². The molecule has 0 aliphatic carbocycles. The van der Waals surface area contributed by atoms with Crippen molar-refractivity contribution in [2.24, 2.45) is 0 Å². The molecule has 0 aromatic rings. The van der Waals surface area contributed by atoms with E-state index in [1.165, 1.54) is 0 Å². The van der Waals surface area contributed by atoms with Gasteiger partial charge in [0.05, 0.1) is 0 Å². The van der Waals surface area contributed by atoms with E-state index in [4.69, 9.17) is 20.4 Å². The molecule has 0 aromatic carbocycles. The molecule has 0 unspecified atom stereocenters. The van der Waals surface area contributed by atoms with Crippen LogP contribution in [0.1, 0.15) is 0 Å². The third kappa shape index (κ3) is 59.1. The highest BCUT2D eigenvalue weighted by Gasteiger charge is 1.88. The van der Waals surface area contributed by atoms with Crippen LogP contribution in [0.5, 0.6) is 0 Å². The summed E-state index contributed by atoms with van der Waals surface area (Å²) < 4.78 is 0. The van der Waals surface area contributed by atoms with Crippen LogP contribution >= 0.6 is 0 Å². The highest BCUT2D eigenvalue weighted by Crippen LogP contribution is 1.71. The molecule has 12 nitrogen and oxygen atoms in total. The second kappa shape index (κ2) is 21.5. The molecule has 0 bridgehead atoms. The van der Waals surface area contributed by atoms with Crippen molar-refractivity contribution < 1.29 is 39.6 Å². The van der Waals surface area contributed by atoms with Crippen LogP contribution in [-0.2, 0) is 19.2 Å². The summed E-state index contributed by atoms with van der Waals surface area (Å²) in [6.45, 7) is 0. The van der Waals surface area contributed by atoms with Crippen LogP contribution in [0.4, 0.5) is 0 Å². The van der Waals surface area contributed by atoms with Gasteiger partial charge in [-0.05, 0) is 0 Å². The molecule has 20 heavy (non-hydrogen) atoms. The van der Waals surface area contributed by atoms with E-state index < -0.39 is 23.9 Å². The van der Waals surface area contributed by atoms with Crippen LogP contribution in [-0.4, -0.2) is 44.3 Å². The van der Waals surface area contributed by atoms with E-state index in [-0.39, 0.29) is 24.6 Å². The summed E-state index contributed by atoms with van der Waals surface area (Å²) in [6.07, 6.45) is 2.23. The number of carboxylic acid groups (broad SMARTS) is 4. The standard InChI is InChI=1S/2C4H4O4.4H3N/c2*5-3(6)1-2-4(7)8;;;;/h2*1-2H,(H,5,6)(H,7,8);4*1H3/b2*2-1+;;;;. The summed E-state index contributed by atoms with van der Waals surface area (Å²) in [7, 11) is 0. The van der Waals surface area contributed by atoms with Gasteiger partial charge in [0.25, 0.3) is 0 Å². The lowest BCUT2D eigenvalue weighted by Crippen LogP contribution is -1.91. The third-order valence-corrected chi connectivity index (χ3v) is 0.737. The zero-order valence-electron chi connectivity index (χ0n) is 10.6. The Labute approximate surface area is 113 Å². The van der Waals surface area contributed by atoms with Crippen LogP contribution < -0.4 is 24.6 Å². The lowest BCUT2D eigenvalue weighted by molar-refractivity contribution is -0.134. The minimum absolute atomic E-state index is 0. The van der Waals surface area contributed by atoms with E-state index in [9.17, 15) is 19.2 Å². The summed E-state index contributed by atoms with van der Waals surface area (Å²) in [4.78, 5) is 38.2. The van der Waals surface area contributed by atoms with Crippen molar-refractivity contribution in [2.75, 3.05) is 0 Å². The fourth-order valence-corrected chi connectivity index (χ4v) is 0.285. The lowest BCUT2D eigenvalue weighted by Gasteiger charge is -1.74. The first-order chi connectivity index (χ1) is 7.25. The number of hydrogen-bond donors (Lipinski definition) is 8. The number of rotatable bonds is 4. The third-order valence-electron chi connectivity index (χ3n) is 0.737. The maximum Gasteiger partial charge on any atom is 0.328 e. The molecular weight excluding hydrogens is 280 g/mol. The Bertz CT molecular complexity index is 286. The molecule has 0 spiro atoms. The molecule has 0 radical (unpaired) electrons. The first kappa shape index (κ1) is 36.0. The van der Waals surface area contributed by atoms with Crippen molar-refractivity contribution in [3.8, 4) is 0 Å². The monoisotopic (exact) mass is 300 g/mol. The summed E-state index contributed by atoms with van der Waals surface area (Å²) in [5.74, 6) is -5.03. The molecule has 12 heteroatoms. The highest BCUT2D eigenvalue weighted by molar-refractivity contribution is 5.90. The molecule has 0 aromatic heterocycles. The lowest BCUT2D eigenvalue weighted by atomic mass is 10.5. The summed E-state index contributed by atoms with van der Waals surface area (Å²) >= 11 is 0. The molecule has 0 saturated heterocycles. The SMILES string of the molecule is N.N.N.N.O=C(O)/C=C/C(=O)O.O=C(O)/C=C/C(=O)O. The summed E-state index contributed by atoms with van der Waals surface area (Å²) in [5.41, 5.74) is 0. The number of aliphatic carboxylic acids is 4. The molecular formula is C8H20N4O8. The van der Waals surface area contributed by atoms with E-state index in [1.807, 2.05) is 0 Å². The van der Waals surface area contributed by atoms with Crippen LogP contribution in [0.2, 0.25) is 0 Å². The zero-order chi connectivity index (χ0) is 13.1. The van der Waals surface area contributed by atoms with Crippen molar-refractivity contribution in [1.29, 1.82) is 0 Å². The van der Waals surface area contributed by atoms with Gasteiger partial charge >= 0.3 is 23.9 Å². The second-order valence-electron chi connectivity index (χ2n) is 2.02. The average Bonchev–Trinajstić information content (AvgIpc) is 2.12. The van der Waals surface area contributed by atoms with Gasteiger partial charge in [-0.2, -0.15) is 0 Å². The van der Waals surface area contributed by atoms with Gasteiger partial charge in [-0.15, -0.1) is 0 Å². The normalized spacial score (nSPS) is 7.60. The number of carbonyl (C=O) groups is 4. The van der Waals surface area contributed by atoms with Crippen LogP contribution in [0.15, 0.2) is 24.3 Å². The minimum atomic E-state index is -1.26. The Kier molecular flexibility index (Phi) is 38.6.